The SMILES string of the molecule is Cc1nn(CO)c(C)c1-c1c(C)nn(CO)c1C. The Morgan fingerprint density at radius 2 is 1.11 bits per heavy atom. The molecule has 0 aliphatic heterocycles. The molecular formula is C12H18N4O2. The van der Waals surface area contributed by atoms with E-state index in [0.717, 1.165) is 33.9 Å². The number of nitrogens with zero attached hydrogens (tertiary/aromatic N) is 4. The van der Waals surface area contributed by atoms with Gasteiger partial charge in [-0.2, -0.15) is 10.2 Å². The average molecular weight is 250 g/mol. The first-order chi connectivity index (χ1) is 8.51. The van der Waals surface area contributed by atoms with Crippen LogP contribution in [0.2, 0.25) is 0 Å². The van der Waals surface area contributed by atoms with Crippen LogP contribution in [0.3, 0.4) is 0 Å². The molecule has 2 heterocycles. The van der Waals surface area contributed by atoms with Gasteiger partial charge in [0.15, 0.2) is 0 Å². The summed E-state index contributed by atoms with van der Waals surface area (Å²) in [6.45, 7) is 7.37. The summed E-state index contributed by atoms with van der Waals surface area (Å²) in [4.78, 5) is 0. The molecule has 2 rings (SSSR count). The van der Waals surface area contributed by atoms with E-state index in [1.807, 2.05) is 27.7 Å². The molecule has 0 atom stereocenters. The molecule has 0 amide bonds. The molecule has 0 aliphatic rings. The second-order valence-electron chi connectivity index (χ2n) is 4.37. The van der Waals surface area contributed by atoms with Crippen LogP contribution in [-0.4, -0.2) is 29.8 Å². The molecule has 0 radical (unpaired) electrons. The Balaban J connectivity index is 2.69. The molecule has 0 saturated heterocycles. The standard InChI is InChI=1S/C12H18N4O2/c1-7-11(9(3)15(5-17)13-7)12-8(2)14-16(6-18)10(12)4/h17-18H,5-6H2,1-4H3. The van der Waals surface area contributed by atoms with Crippen molar-refractivity contribution in [3.05, 3.63) is 22.8 Å². The molecule has 6 heteroatoms. The Hall–Kier alpha value is -1.66. The molecule has 98 valence electrons. The fourth-order valence-electron chi connectivity index (χ4n) is 2.39. The van der Waals surface area contributed by atoms with Crippen LogP contribution >= 0.6 is 0 Å². The third-order valence-corrected chi connectivity index (χ3v) is 3.28. The van der Waals surface area contributed by atoms with Crippen LogP contribution in [0.4, 0.5) is 0 Å². The lowest BCUT2D eigenvalue weighted by Crippen LogP contribution is -2.02. The summed E-state index contributed by atoms with van der Waals surface area (Å²) in [5, 5.41) is 27.0. The van der Waals surface area contributed by atoms with Crippen LogP contribution in [0.5, 0.6) is 0 Å². The number of aromatic nitrogens is 4. The largest absolute Gasteiger partial charge is 0.374 e. The smallest absolute Gasteiger partial charge is 0.136 e. The van der Waals surface area contributed by atoms with Crippen molar-refractivity contribution in [2.24, 2.45) is 0 Å². The molecule has 2 N–H and O–H groups in total. The Bertz CT molecular complexity index is 531. The van der Waals surface area contributed by atoms with Gasteiger partial charge in [0, 0.05) is 22.5 Å². The van der Waals surface area contributed by atoms with Crippen LogP contribution in [0, 0.1) is 27.7 Å². The van der Waals surface area contributed by atoms with Crippen molar-refractivity contribution in [2.45, 2.75) is 41.2 Å². The minimum absolute atomic E-state index is 0.140. The first kappa shape index (κ1) is 12.8. The van der Waals surface area contributed by atoms with Crippen molar-refractivity contribution >= 4 is 0 Å². The lowest BCUT2D eigenvalue weighted by atomic mass is 10.0. The van der Waals surface area contributed by atoms with E-state index in [-0.39, 0.29) is 13.5 Å². The van der Waals surface area contributed by atoms with Crippen LogP contribution in [-0.2, 0) is 13.5 Å². The van der Waals surface area contributed by atoms with Crippen LogP contribution < -0.4 is 0 Å². The molecule has 18 heavy (non-hydrogen) atoms. The third-order valence-electron chi connectivity index (χ3n) is 3.28. The maximum atomic E-state index is 9.23. The van der Waals surface area contributed by atoms with Crippen LogP contribution in [0.15, 0.2) is 0 Å². The van der Waals surface area contributed by atoms with Gasteiger partial charge in [0.25, 0.3) is 0 Å². The molecule has 0 unspecified atom stereocenters. The Kier molecular flexibility index (Phi) is 3.23. The summed E-state index contributed by atoms with van der Waals surface area (Å²) < 4.78 is 3.11. The molecule has 2 aromatic rings. The van der Waals surface area contributed by atoms with Gasteiger partial charge in [-0.15, -0.1) is 0 Å². The van der Waals surface area contributed by atoms with Gasteiger partial charge in [0.2, 0.25) is 0 Å². The Morgan fingerprint density at radius 1 is 0.778 bits per heavy atom. The number of hydrogen-bond acceptors (Lipinski definition) is 4. The van der Waals surface area contributed by atoms with Gasteiger partial charge in [0.05, 0.1) is 11.4 Å². The molecule has 0 fully saturated rings. The summed E-state index contributed by atoms with van der Waals surface area (Å²) in [6.07, 6.45) is 0. The van der Waals surface area contributed by atoms with E-state index in [9.17, 15) is 10.2 Å². The van der Waals surface area contributed by atoms with Gasteiger partial charge in [-0.1, -0.05) is 0 Å². The lowest BCUT2D eigenvalue weighted by Gasteiger charge is -2.04. The van der Waals surface area contributed by atoms with E-state index in [4.69, 9.17) is 0 Å². The van der Waals surface area contributed by atoms with Crippen LogP contribution in [0.1, 0.15) is 22.8 Å². The average Bonchev–Trinajstić information content (AvgIpc) is 2.77. The summed E-state index contributed by atoms with van der Waals surface area (Å²) in [5.74, 6) is 0. The zero-order valence-electron chi connectivity index (χ0n) is 11.1. The minimum Gasteiger partial charge on any atom is -0.374 e. The third kappa shape index (κ3) is 1.74. The summed E-state index contributed by atoms with van der Waals surface area (Å²) in [6, 6.07) is 0. The Morgan fingerprint density at radius 3 is 1.33 bits per heavy atom. The van der Waals surface area contributed by atoms with E-state index in [2.05, 4.69) is 10.2 Å². The van der Waals surface area contributed by atoms with Crippen molar-refractivity contribution in [1.82, 2.24) is 19.6 Å². The maximum Gasteiger partial charge on any atom is 0.136 e. The highest BCUT2D eigenvalue weighted by Gasteiger charge is 2.20. The van der Waals surface area contributed by atoms with Crippen molar-refractivity contribution in [3.63, 3.8) is 0 Å². The highest BCUT2D eigenvalue weighted by molar-refractivity contribution is 5.72. The Labute approximate surface area is 105 Å². The van der Waals surface area contributed by atoms with Crippen molar-refractivity contribution in [1.29, 1.82) is 0 Å². The van der Waals surface area contributed by atoms with Crippen molar-refractivity contribution in [2.75, 3.05) is 0 Å². The molecule has 0 aliphatic carbocycles. The van der Waals surface area contributed by atoms with E-state index in [1.165, 1.54) is 0 Å². The first-order valence-corrected chi connectivity index (χ1v) is 5.81. The monoisotopic (exact) mass is 250 g/mol. The van der Waals surface area contributed by atoms with Crippen molar-refractivity contribution in [3.8, 4) is 11.1 Å². The second kappa shape index (κ2) is 4.55. The van der Waals surface area contributed by atoms with E-state index in [1.54, 1.807) is 9.36 Å². The van der Waals surface area contributed by atoms with Gasteiger partial charge < -0.3 is 10.2 Å². The van der Waals surface area contributed by atoms with E-state index < -0.39 is 0 Å². The summed E-state index contributed by atoms with van der Waals surface area (Å²) in [7, 11) is 0. The highest BCUT2D eigenvalue weighted by Crippen LogP contribution is 2.32. The zero-order chi connectivity index (χ0) is 13.4. The topological polar surface area (TPSA) is 76.1 Å². The van der Waals surface area contributed by atoms with Gasteiger partial charge in [0.1, 0.15) is 13.5 Å². The number of aryl methyl sites for hydroxylation is 2. The zero-order valence-corrected chi connectivity index (χ0v) is 11.1. The number of aliphatic hydroxyl groups is 2. The molecule has 2 aromatic heterocycles. The predicted molar refractivity (Wildman–Crippen MR) is 66.8 cm³/mol. The fourth-order valence-corrected chi connectivity index (χ4v) is 2.39. The molecule has 0 spiro atoms. The van der Waals surface area contributed by atoms with Gasteiger partial charge in [-0.3, -0.25) is 0 Å². The second-order valence-corrected chi connectivity index (χ2v) is 4.37. The van der Waals surface area contributed by atoms with Gasteiger partial charge in [-0.05, 0) is 27.7 Å². The quantitative estimate of drug-likeness (QED) is 0.848. The van der Waals surface area contributed by atoms with E-state index in [0.29, 0.717) is 0 Å². The number of aliphatic hydroxyl groups excluding tert-OH is 2. The van der Waals surface area contributed by atoms with Gasteiger partial charge >= 0.3 is 0 Å². The fraction of sp³-hybridized carbons (Fsp3) is 0.500. The molecule has 0 aromatic carbocycles. The first-order valence-electron chi connectivity index (χ1n) is 5.81. The maximum absolute atomic E-state index is 9.23. The molecule has 0 saturated carbocycles. The normalized spacial score (nSPS) is 11.2. The van der Waals surface area contributed by atoms with Crippen LogP contribution in [0.25, 0.3) is 11.1 Å². The highest BCUT2D eigenvalue weighted by atomic mass is 16.3. The number of hydrogen-bond donors (Lipinski definition) is 2. The summed E-state index contributed by atoms with van der Waals surface area (Å²) in [5.41, 5.74) is 5.48. The van der Waals surface area contributed by atoms with E-state index >= 15 is 0 Å². The van der Waals surface area contributed by atoms with Crippen molar-refractivity contribution < 1.29 is 10.2 Å². The minimum atomic E-state index is -0.140. The lowest BCUT2D eigenvalue weighted by molar-refractivity contribution is 0.192. The molecule has 6 nitrogen and oxygen atoms in total. The van der Waals surface area contributed by atoms with Gasteiger partial charge in [-0.25, -0.2) is 9.36 Å². The predicted octanol–water partition coefficient (Wildman–Crippen LogP) is 0.880. The molecular weight excluding hydrogens is 232 g/mol. The molecule has 0 bridgehead atoms. The summed E-state index contributed by atoms with van der Waals surface area (Å²) >= 11 is 0. The number of rotatable bonds is 3.